The fourth-order valence-electron chi connectivity index (χ4n) is 2.85. The van der Waals surface area contributed by atoms with Gasteiger partial charge in [0.2, 0.25) is 0 Å². The summed E-state index contributed by atoms with van der Waals surface area (Å²) in [6, 6.07) is 5.20. The van der Waals surface area contributed by atoms with Crippen molar-refractivity contribution in [3.8, 4) is 11.5 Å². The van der Waals surface area contributed by atoms with Crippen molar-refractivity contribution >= 4 is 11.9 Å². The van der Waals surface area contributed by atoms with Crippen molar-refractivity contribution in [2.24, 2.45) is 5.73 Å². The largest absolute Gasteiger partial charge is 0.573 e. The summed E-state index contributed by atoms with van der Waals surface area (Å²) in [5.41, 5.74) is 5.63. The number of halogens is 6. The molecule has 0 fully saturated rings. The molecular formula is C20H18F6N2O6. The van der Waals surface area contributed by atoms with Crippen LogP contribution in [-0.4, -0.2) is 47.0 Å². The highest BCUT2D eigenvalue weighted by atomic mass is 19.4. The number of carboxylic acids is 1. The number of aliphatic carboxylic acids is 1. The van der Waals surface area contributed by atoms with Crippen LogP contribution in [0.5, 0.6) is 11.5 Å². The predicted molar refractivity (Wildman–Crippen MR) is 102 cm³/mol. The van der Waals surface area contributed by atoms with Gasteiger partial charge in [-0.1, -0.05) is 24.3 Å². The zero-order valence-electron chi connectivity index (χ0n) is 16.9. The Morgan fingerprint density at radius 3 is 2.00 bits per heavy atom. The van der Waals surface area contributed by atoms with E-state index >= 15 is 0 Å². The van der Waals surface area contributed by atoms with E-state index < -0.39 is 54.3 Å². The maximum atomic E-state index is 12.4. The van der Waals surface area contributed by atoms with E-state index in [-0.39, 0.29) is 17.5 Å². The third-order valence-corrected chi connectivity index (χ3v) is 4.24. The Balaban J connectivity index is 2.10. The minimum atomic E-state index is -5.04. The van der Waals surface area contributed by atoms with Crippen molar-refractivity contribution in [2.45, 2.75) is 37.3 Å². The number of ether oxygens (including phenoxy) is 2. The number of carboxylic acid groups (broad SMARTS) is 1. The Hall–Kier alpha value is -3.52. The molecule has 0 saturated carbocycles. The van der Waals surface area contributed by atoms with Crippen LogP contribution in [0.25, 0.3) is 0 Å². The average molecular weight is 496 g/mol. The third-order valence-electron chi connectivity index (χ3n) is 4.24. The highest BCUT2D eigenvalue weighted by Crippen LogP contribution is 2.26. The zero-order chi connectivity index (χ0) is 25.7. The number of aliphatic hydroxyl groups excluding tert-OH is 1. The Labute approximate surface area is 187 Å². The fourth-order valence-corrected chi connectivity index (χ4v) is 2.85. The number of nitrogens with one attached hydrogen (secondary N) is 1. The molecule has 0 bridgehead atoms. The van der Waals surface area contributed by atoms with Crippen LogP contribution in [0.3, 0.4) is 0 Å². The second-order valence-electron chi connectivity index (χ2n) is 6.91. The van der Waals surface area contributed by atoms with Gasteiger partial charge in [-0.25, -0.2) is 4.79 Å². The van der Waals surface area contributed by atoms with Gasteiger partial charge in [0.25, 0.3) is 5.91 Å². The molecule has 0 aliphatic heterocycles. The number of aliphatic hydroxyl groups is 1. The van der Waals surface area contributed by atoms with E-state index in [4.69, 9.17) is 5.73 Å². The molecule has 34 heavy (non-hydrogen) atoms. The van der Waals surface area contributed by atoms with Gasteiger partial charge in [-0.2, -0.15) is 0 Å². The number of carbonyl (C=O) groups is 2. The highest BCUT2D eigenvalue weighted by molar-refractivity contribution is 5.87. The first-order chi connectivity index (χ1) is 15.6. The van der Waals surface area contributed by atoms with Crippen molar-refractivity contribution in [2.75, 3.05) is 0 Å². The molecule has 8 nitrogen and oxygen atoms in total. The Bertz CT molecular complexity index is 1010. The fraction of sp³-hybridized carbons (Fsp3) is 0.300. The summed E-state index contributed by atoms with van der Waals surface area (Å²) in [6.07, 6.45) is -12.3. The van der Waals surface area contributed by atoms with Crippen LogP contribution in [0.15, 0.2) is 48.5 Å². The lowest BCUT2D eigenvalue weighted by atomic mass is 10.0. The molecule has 0 aliphatic rings. The predicted octanol–water partition coefficient (Wildman–Crippen LogP) is 2.66. The van der Waals surface area contributed by atoms with Crippen molar-refractivity contribution in [3.63, 3.8) is 0 Å². The number of hydrogen-bond acceptors (Lipinski definition) is 6. The molecule has 0 heterocycles. The Morgan fingerprint density at radius 2 is 1.47 bits per heavy atom. The summed E-state index contributed by atoms with van der Waals surface area (Å²) in [7, 11) is 0. The summed E-state index contributed by atoms with van der Waals surface area (Å²) in [6.45, 7) is 0. The normalized spacial score (nSPS) is 14.6. The molecule has 2 aromatic rings. The summed E-state index contributed by atoms with van der Waals surface area (Å²) in [5, 5.41) is 21.5. The van der Waals surface area contributed by atoms with Gasteiger partial charge in [0.1, 0.15) is 17.6 Å². The van der Waals surface area contributed by atoms with Crippen LogP contribution >= 0.6 is 0 Å². The average Bonchev–Trinajstić information content (AvgIpc) is 2.68. The number of nitrogens with two attached hydrogens (primary N) is 1. The van der Waals surface area contributed by atoms with Gasteiger partial charge < -0.3 is 30.7 Å². The van der Waals surface area contributed by atoms with Crippen molar-refractivity contribution < 1.29 is 55.6 Å². The smallest absolute Gasteiger partial charge is 0.479 e. The van der Waals surface area contributed by atoms with Crippen molar-refractivity contribution in [3.05, 3.63) is 59.7 Å². The molecule has 0 aromatic heterocycles. The monoisotopic (exact) mass is 496 g/mol. The number of hydrogen-bond donors (Lipinski definition) is 4. The molecule has 0 spiro atoms. The second kappa shape index (κ2) is 10.6. The minimum absolute atomic E-state index is 0.174. The van der Waals surface area contributed by atoms with Crippen LogP contribution in [0.4, 0.5) is 26.3 Å². The zero-order valence-corrected chi connectivity index (χ0v) is 16.9. The molecule has 1 amide bonds. The lowest BCUT2D eigenvalue weighted by Gasteiger charge is -2.22. The quantitative estimate of drug-likeness (QED) is 0.393. The number of amides is 1. The first kappa shape index (κ1) is 26.7. The molecule has 14 heteroatoms. The Kier molecular flexibility index (Phi) is 8.34. The molecule has 2 aromatic carbocycles. The van der Waals surface area contributed by atoms with Crippen LogP contribution in [0, 0.1) is 0 Å². The van der Waals surface area contributed by atoms with Crippen LogP contribution < -0.4 is 20.5 Å². The van der Waals surface area contributed by atoms with Crippen molar-refractivity contribution in [1.29, 1.82) is 0 Å². The van der Waals surface area contributed by atoms with Gasteiger partial charge in [0.05, 0.1) is 0 Å². The lowest BCUT2D eigenvalue weighted by molar-refractivity contribution is -0.275. The molecule has 0 saturated heterocycles. The van der Waals surface area contributed by atoms with Crippen LogP contribution in [-0.2, 0) is 16.0 Å². The second-order valence-corrected chi connectivity index (χ2v) is 6.91. The van der Waals surface area contributed by atoms with Gasteiger partial charge in [0.15, 0.2) is 6.04 Å². The van der Waals surface area contributed by atoms with E-state index in [0.29, 0.717) is 0 Å². The summed E-state index contributed by atoms with van der Waals surface area (Å²) in [5.74, 6) is -4.22. The van der Waals surface area contributed by atoms with Crippen molar-refractivity contribution in [1.82, 2.24) is 5.32 Å². The van der Waals surface area contributed by atoms with E-state index in [2.05, 4.69) is 9.47 Å². The number of benzene rings is 2. The van der Waals surface area contributed by atoms with E-state index in [1.54, 1.807) is 0 Å². The van der Waals surface area contributed by atoms with Gasteiger partial charge in [0, 0.05) is 6.04 Å². The van der Waals surface area contributed by atoms with E-state index in [0.717, 1.165) is 36.4 Å². The maximum Gasteiger partial charge on any atom is 0.573 e. The van der Waals surface area contributed by atoms with Gasteiger partial charge in [-0.15, -0.1) is 26.3 Å². The first-order valence-electron chi connectivity index (χ1n) is 9.32. The molecule has 186 valence electrons. The molecule has 3 atom stereocenters. The lowest BCUT2D eigenvalue weighted by Crippen LogP contribution is -2.49. The summed E-state index contributed by atoms with van der Waals surface area (Å²) in [4.78, 5) is 23.9. The molecule has 2 unspecified atom stereocenters. The third kappa shape index (κ3) is 8.44. The summed E-state index contributed by atoms with van der Waals surface area (Å²) >= 11 is 0. The molecule has 0 aliphatic carbocycles. The minimum Gasteiger partial charge on any atom is -0.479 e. The number of alkyl halides is 6. The van der Waals surface area contributed by atoms with Gasteiger partial charge in [-0.05, 0) is 41.8 Å². The number of rotatable bonds is 9. The topological polar surface area (TPSA) is 131 Å². The number of carbonyl (C=O) groups excluding carboxylic acids is 1. The summed E-state index contributed by atoms with van der Waals surface area (Å²) < 4.78 is 81.7. The first-order valence-corrected chi connectivity index (χ1v) is 9.32. The Morgan fingerprint density at radius 1 is 0.941 bits per heavy atom. The standard InChI is InChI=1S/C20H18F6N2O6/c21-19(22,23)33-12-5-1-3-10(7-12)8-14(27)16(29)17(30)28-15(18(31)32)11-4-2-6-13(9-11)34-20(24,25)26/h1-7,9,14-16,29H,8,27H2,(H,28,30)(H,31,32)/t14?,15-,16?/m0/s1. The molecule has 0 radical (unpaired) electrons. The molecular weight excluding hydrogens is 478 g/mol. The van der Waals surface area contributed by atoms with Gasteiger partial charge in [-0.3, -0.25) is 4.79 Å². The van der Waals surface area contributed by atoms with Crippen LogP contribution in [0.2, 0.25) is 0 Å². The highest BCUT2D eigenvalue weighted by Gasteiger charge is 2.33. The maximum absolute atomic E-state index is 12.4. The van der Waals surface area contributed by atoms with E-state index in [9.17, 15) is 46.1 Å². The van der Waals surface area contributed by atoms with Crippen LogP contribution in [0.1, 0.15) is 17.2 Å². The molecule has 5 N–H and O–H groups in total. The van der Waals surface area contributed by atoms with E-state index in [1.165, 1.54) is 12.1 Å². The van der Waals surface area contributed by atoms with E-state index in [1.807, 2.05) is 5.32 Å². The van der Waals surface area contributed by atoms with Gasteiger partial charge >= 0.3 is 18.7 Å². The SMILES string of the molecule is NC(Cc1cccc(OC(F)(F)F)c1)C(O)C(=O)N[C@H](C(=O)O)c1cccc(OC(F)(F)F)c1. The molecule has 2 rings (SSSR count).